The number of pyridine rings is 2. The van der Waals surface area contributed by atoms with Gasteiger partial charge in [-0.05, 0) is 80.8 Å². The van der Waals surface area contributed by atoms with Gasteiger partial charge in [0, 0.05) is 46.9 Å². The van der Waals surface area contributed by atoms with Crippen LogP contribution in [0.25, 0.3) is 11.3 Å². The number of nitrogens with zero attached hydrogens (tertiary/aromatic N) is 5. The van der Waals surface area contributed by atoms with E-state index < -0.39 is 5.41 Å². The van der Waals surface area contributed by atoms with E-state index >= 15 is 0 Å². The molecule has 4 aromatic heterocycles. The topological polar surface area (TPSA) is 57.2 Å². The van der Waals surface area contributed by atoms with Gasteiger partial charge in [-0.2, -0.15) is 5.10 Å². The van der Waals surface area contributed by atoms with Gasteiger partial charge in [-0.1, -0.05) is 54.5 Å². The van der Waals surface area contributed by atoms with Gasteiger partial charge in [-0.15, -0.1) is 0 Å². The zero-order chi connectivity index (χ0) is 30.6. The predicted octanol–water partition coefficient (Wildman–Crippen LogP) is 9.19. The molecule has 0 unspecified atom stereocenters. The smallest absolute Gasteiger partial charge is 0.141 e. The highest BCUT2D eigenvalue weighted by Gasteiger charge is 2.32. The average Bonchev–Trinajstić information content (AvgIpc) is 3.47. The van der Waals surface area contributed by atoms with E-state index in [1.54, 1.807) is 0 Å². The molecule has 0 radical (unpaired) electrons. The van der Waals surface area contributed by atoms with Crippen LogP contribution in [0.3, 0.4) is 0 Å². The molecule has 0 fully saturated rings. The highest BCUT2D eigenvalue weighted by Crippen LogP contribution is 2.39. The summed E-state index contributed by atoms with van der Waals surface area (Å²) in [5, 5.41) is 4.66. The number of rotatable bonds is 7. The number of benzene rings is 1. The van der Waals surface area contributed by atoms with E-state index in [2.05, 4.69) is 115 Å². The molecule has 6 heteroatoms. The van der Waals surface area contributed by atoms with Gasteiger partial charge in [-0.3, -0.25) is 9.38 Å². The summed E-state index contributed by atoms with van der Waals surface area (Å²) in [7, 11) is 0. The molecule has 1 aromatic carbocycles. The van der Waals surface area contributed by atoms with Gasteiger partial charge in [-0.25, -0.2) is 9.67 Å². The molecule has 0 aliphatic carbocycles. The van der Waals surface area contributed by atoms with Gasteiger partial charge < -0.3 is 4.74 Å². The van der Waals surface area contributed by atoms with Crippen molar-refractivity contribution in [3.63, 3.8) is 0 Å². The maximum atomic E-state index is 6.60. The minimum absolute atomic E-state index is 0.0213. The van der Waals surface area contributed by atoms with E-state index in [0.717, 1.165) is 51.3 Å². The summed E-state index contributed by atoms with van der Waals surface area (Å²) in [6, 6.07) is 18.8. The highest BCUT2D eigenvalue weighted by atomic mass is 16.5. The maximum absolute atomic E-state index is 6.60. The molecule has 0 atom stereocenters. The Balaban J connectivity index is 1.70. The van der Waals surface area contributed by atoms with Crippen LogP contribution in [0.4, 0.5) is 0 Å². The Bertz CT molecular complexity index is 1750. The van der Waals surface area contributed by atoms with Crippen LogP contribution in [-0.4, -0.2) is 24.1 Å². The van der Waals surface area contributed by atoms with Crippen LogP contribution in [0.15, 0.2) is 60.8 Å². The molecular weight excluding hydrogens is 518 g/mol. The van der Waals surface area contributed by atoms with Gasteiger partial charge in [0.15, 0.2) is 0 Å². The van der Waals surface area contributed by atoms with Gasteiger partial charge in [0.2, 0.25) is 0 Å². The van der Waals surface area contributed by atoms with Crippen molar-refractivity contribution in [1.82, 2.24) is 24.1 Å². The van der Waals surface area contributed by atoms with Crippen molar-refractivity contribution in [3.05, 3.63) is 101 Å². The molecule has 4 heterocycles. The summed E-state index contributed by atoms with van der Waals surface area (Å²) >= 11 is 0. The Morgan fingerprint density at radius 1 is 0.810 bits per heavy atom. The second-order valence-electron chi connectivity index (χ2n) is 13.7. The van der Waals surface area contributed by atoms with Gasteiger partial charge in [0.1, 0.15) is 17.1 Å². The summed E-state index contributed by atoms with van der Waals surface area (Å²) in [5.41, 5.74) is 9.29. The number of imidazole rings is 1. The zero-order valence-corrected chi connectivity index (χ0v) is 27.1. The molecule has 42 heavy (non-hydrogen) atoms. The zero-order valence-electron chi connectivity index (χ0n) is 27.1. The summed E-state index contributed by atoms with van der Waals surface area (Å²) in [6.45, 7) is 24.2. The van der Waals surface area contributed by atoms with Crippen LogP contribution in [-0.2, 0) is 10.8 Å². The van der Waals surface area contributed by atoms with Crippen LogP contribution in [0.1, 0.15) is 114 Å². The minimum atomic E-state index is -0.428. The fourth-order valence-corrected chi connectivity index (χ4v) is 5.76. The molecule has 0 bridgehead atoms. The Labute approximate surface area is 250 Å². The average molecular weight is 564 g/mol. The van der Waals surface area contributed by atoms with Crippen LogP contribution in [0, 0.1) is 13.8 Å². The summed E-state index contributed by atoms with van der Waals surface area (Å²) in [6.07, 6.45) is 1.94. The van der Waals surface area contributed by atoms with E-state index in [9.17, 15) is 0 Å². The molecule has 0 saturated heterocycles. The number of hydrogen-bond donors (Lipinski definition) is 0. The normalized spacial score (nSPS) is 12.6. The highest BCUT2D eigenvalue weighted by molar-refractivity contribution is 5.55. The third-order valence-electron chi connectivity index (χ3n) is 8.07. The Morgan fingerprint density at radius 2 is 1.55 bits per heavy atom. The van der Waals surface area contributed by atoms with Gasteiger partial charge >= 0.3 is 0 Å². The molecule has 0 amide bonds. The van der Waals surface area contributed by atoms with E-state index in [1.165, 1.54) is 11.3 Å². The van der Waals surface area contributed by atoms with E-state index in [4.69, 9.17) is 14.7 Å². The molecule has 5 aromatic rings. The van der Waals surface area contributed by atoms with Gasteiger partial charge in [0.25, 0.3) is 0 Å². The lowest BCUT2D eigenvalue weighted by Crippen LogP contribution is -2.26. The van der Waals surface area contributed by atoms with Crippen LogP contribution < -0.4 is 4.74 Å². The molecule has 0 saturated carbocycles. The largest absolute Gasteiger partial charge is 0.457 e. The van der Waals surface area contributed by atoms with Crippen molar-refractivity contribution < 1.29 is 4.74 Å². The Morgan fingerprint density at radius 3 is 2.17 bits per heavy atom. The molecule has 0 aliphatic heterocycles. The second-order valence-corrected chi connectivity index (χ2v) is 13.7. The first-order chi connectivity index (χ1) is 19.7. The molecule has 0 aliphatic rings. The maximum Gasteiger partial charge on any atom is 0.141 e. The van der Waals surface area contributed by atoms with Crippen LogP contribution >= 0.6 is 0 Å². The van der Waals surface area contributed by atoms with E-state index in [1.807, 2.05) is 36.0 Å². The summed E-state index contributed by atoms with van der Waals surface area (Å²) in [5.74, 6) is 2.09. The molecule has 0 N–H and O–H groups in total. The fourth-order valence-electron chi connectivity index (χ4n) is 5.76. The van der Waals surface area contributed by atoms with Crippen LogP contribution in [0.2, 0.25) is 0 Å². The minimum Gasteiger partial charge on any atom is -0.457 e. The second kappa shape index (κ2) is 10.7. The Kier molecular flexibility index (Phi) is 7.55. The van der Waals surface area contributed by atoms with Crippen molar-refractivity contribution in [1.29, 1.82) is 0 Å². The summed E-state index contributed by atoms with van der Waals surface area (Å²) < 4.78 is 10.9. The Hall–Kier alpha value is -3.93. The SMILES string of the molecule is Cc1cc(C)n(-c2cccc(Oc3cc(C(C)(C)c4cc(C(C)(C)C)ccn4)n4c(C(C)C)c(C(C)C)nc4c3)c2)n1. The standard InChI is InChI=1S/C36H45N5O/c1-22(2)33-34(23(3)4)40-31(36(10,11)30-18-26(15-16-37-30)35(7,8)9)20-29(21-32(40)38-33)42-28-14-12-13-27(19-28)41-25(6)17-24(5)39-41/h12-23H,1-11H3. The van der Waals surface area contributed by atoms with Crippen molar-refractivity contribution in [2.75, 3.05) is 0 Å². The molecule has 0 spiro atoms. The number of aromatic nitrogens is 5. The fraction of sp³-hybridized carbons (Fsp3) is 0.417. The van der Waals surface area contributed by atoms with Crippen molar-refractivity contribution in [3.8, 4) is 17.2 Å². The van der Waals surface area contributed by atoms with Gasteiger partial charge in [0.05, 0.1) is 22.8 Å². The lowest BCUT2D eigenvalue weighted by atomic mass is 9.80. The molecular formula is C36H45N5O. The van der Waals surface area contributed by atoms with Crippen molar-refractivity contribution in [2.45, 2.75) is 98.8 Å². The van der Waals surface area contributed by atoms with E-state index in [0.29, 0.717) is 11.8 Å². The van der Waals surface area contributed by atoms with E-state index in [-0.39, 0.29) is 5.41 Å². The van der Waals surface area contributed by atoms with Crippen LogP contribution in [0.5, 0.6) is 11.5 Å². The first-order valence-electron chi connectivity index (χ1n) is 15.0. The number of hydrogen-bond acceptors (Lipinski definition) is 4. The predicted molar refractivity (Wildman–Crippen MR) is 172 cm³/mol. The number of fused-ring (bicyclic) bond motifs is 1. The molecule has 5 rings (SSSR count). The first kappa shape index (κ1) is 29.6. The quantitative estimate of drug-likeness (QED) is 0.198. The summed E-state index contributed by atoms with van der Waals surface area (Å²) in [4.78, 5) is 10.1. The number of ether oxygens (including phenoxy) is 1. The van der Waals surface area contributed by atoms with Crippen molar-refractivity contribution in [2.24, 2.45) is 0 Å². The lowest BCUT2D eigenvalue weighted by molar-refractivity contribution is 0.476. The first-order valence-corrected chi connectivity index (χ1v) is 15.0. The lowest BCUT2D eigenvalue weighted by Gasteiger charge is -2.29. The van der Waals surface area contributed by atoms with Crippen molar-refractivity contribution >= 4 is 5.65 Å². The monoisotopic (exact) mass is 563 g/mol. The third-order valence-corrected chi connectivity index (χ3v) is 8.07. The number of aryl methyl sites for hydroxylation is 2. The third kappa shape index (κ3) is 5.47. The molecule has 220 valence electrons. The molecule has 6 nitrogen and oxygen atoms in total.